The van der Waals surface area contributed by atoms with Gasteiger partial charge in [0.2, 0.25) is 11.8 Å². The van der Waals surface area contributed by atoms with Gasteiger partial charge in [0, 0.05) is 5.92 Å². The first-order valence-electron chi connectivity index (χ1n) is 9.17. The quantitative estimate of drug-likeness (QED) is 0.815. The first kappa shape index (κ1) is 20.8. The van der Waals surface area contributed by atoms with E-state index in [0.717, 1.165) is 0 Å². The molecule has 0 spiro atoms. The van der Waals surface area contributed by atoms with Crippen LogP contribution in [0, 0.1) is 0 Å². The van der Waals surface area contributed by atoms with Gasteiger partial charge in [0.05, 0.1) is 18.8 Å². The van der Waals surface area contributed by atoms with Crippen molar-refractivity contribution in [1.29, 1.82) is 0 Å². The lowest BCUT2D eigenvalue weighted by atomic mass is 9.82. The molecule has 11 heteroatoms. The standard InChI is InChI=1S/C17H24F3N3O5/c1-16(2,3)28-15(24)21-10-4-5-12(25-8-10)14-23-22-13(26-14)9-6-11(7-9)27-17(18,19)20/h9-12H,4-8H2,1-3H3,(H,21,24)/t9?,10-,11?,12+/m1/s1. The number of nitrogens with zero attached hydrogens (tertiary/aromatic N) is 2. The number of amides is 1. The SMILES string of the molecule is CC(C)(C)OC(=O)N[C@@H]1CC[C@@H](c2nnc(C3CC(OC(F)(F)F)C3)o2)OC1. The first-order valence-corrected chi connectivity index (χ1v) is 9.17. The van der Waals surface area contributed by atoms with Gasteiger partial charge in [-0.05, 0) is 46.5 Å². The Kier molecular flexibility index (Phi) is 5.85. The molecule has 1 saturated carbocycles. The Morgan fingerprint density at radius 1 is 1.14 bits per heavy atom. The summed E-state index contributed by atoms with van der Waals surface area (Å²) in [6.45, 7) is 5.62. The molecule has 1 amide bonds. The van der Waals surface area contributed by atoms with Crippen LogP contribution in [-0.2, 0) is 14.2 Å². The van der Waals surface area contributed by atoms with Crippen molar-refractivity contribution < 1.29 is 36.6 Å². The van der Waals surface area contributed by atoms with E-state index in [-0.39, 0.29) is 31.4 Å². The van der Waals surface area contributed by atoms with Crippen LogP contribution in [-0.4, -0.2) is 47.0 Å². The van der Waals surface area contributed by atoms with Crippen LogP contribution in [0.4, 0.5) is 18.0 Å². The first-order chi connectivity index (χ1) is 13.0. The fourth-order valence-corrected chi connectivity index (χ4v) is 3.13. The van der Waals surface area contributed by atoms with Crippen LogP contribution >= 0.6 is 0 Å². The highest BCUT2D eigenvalue weighted by Crippen LogP contribution is 2.41. The molecule has 0 radical (unpaired) electrons. The molecule has 2 heterocycles. The summed E-state index contributed by atoms with van der Waals surface area (Å²) in [5, 5.41) is 10.6. The Labute approximate surface area is 160 Å². The molecule has 8 nitrogen and oxygen atoms in total. The van der Waals surface area contributed by atoms with Crippen LogP contribution in [0.15, 0.2) is 4.42 Å². The Morgan fingerprint density at radius 3 is 2.39 bits per heavy atom. The van der Waals surface area contributed by atoms with Crippen LogP contribution in [0.1, 0.15) is 70.3 Å². The Bertz CT molecular complexity index is 674. The van der Waals surface area contributed by atoms with E-state index in [1.54, 1.807) is 20.8 Å². The van der Waals surface area contributed by atoms with Crippen molar-refractivity contribution in [2.75, 3.05) is 6.61 Å². The third-order valence-corrected chi connectivity index (χ3v) is 4.47. The van der Waals surface area contributed by atoms with Crippen LogP contribution in [0.2, 0.25) is 0 Å². The summed E-state index contributed by atoms with van der Waals surface area (Å²) in [6.07, 6.45) is -4.82. The maximum absolute atomic E-state index is 12.2. The maximum Gasteiger partial charge on any atom is 0.522 e. The molecule has 158 valence electrons. The summed E-state index contributed by atoms with van der Waals surface area (Å²) in [4.78, 5) is 11.8. The van der Waals surface area contributed by atoms with Crippen molar-refractivity contribution >= 4 is 6.09 Å². The van der Waals surface area contributed by atoms with Gasteiger partial charge in [-0.2, -0.15) is 0 Å². The lowest BCUT2D eigenvalue weighted by Crippen LogP contribution is -2.43. The molecule has 1 aliphatic carbocycles. The van der Waals surface area contributed by atoms with E-state index in [2.05, 4.69) is 20.3 Å². The number of halogens is 3. The third-order valence-electron chi connectivity index (χ3n) is 4.47. The van der Waals surface area contributed by atoms with Crippen molar-refractivity contribution in [2.45, 2.75) is 82.6 Å². The normalized spacial score (nSPS) is 28.5. The number of hydrogen-bond acceptors (Lipinski definition) is 7. The summed E-state index contributed by atoms with van der Waals surface area (Å²) in [5.41, 5.74) is -0.575. The number of ether oxygens (including phenoxy) is 3. The molecule has 0 bridgehead atoms. The molecule has 0 aromatic carbocycles. The highest BCUT2D eigenvalue weighted by Gasteiger charge is 2.42. The highest BCUT2D eigenvalue weighted by atomic mass is 19.4. The molecule has 1 aromatic heterocycles. The molecule has 3 rings (SSSR count). The molecular formula is C17H24F3N3O5. The molecule has 28 heavy (non-hydrogen) atoms. The smallest absolute Gasteiger partial charge is 0.444 e. The number of nitrogens with one attached hydrogen (secondary N) is 1. The van der Waals surface area contributed by atoms with Gasteiger partial charge in [-0.1, -0.05) is 0 Å². The van der Waals surface area contributed by atoms with E-state index in [0.29, 0.717) is 24.6 Å². The molecule has 1 aromatic rings. The monoisotopic (exact) mass is 407 g/mol. The number of carbonyl (C=O) groups is 1. The second kappa shape index (κ2) is 7.86. The predicted octanol–water partition coefficient (Wildman–Crippen LogP) is 3.60. The fourth-order valence-electron chi connectivity index (χ4n) is 3.13. The molecule has 2 atom stereocenters. The number of alkyl halides is 3. The lowest BCUT2D eigenvalue weighted by molar-refractivity contribution is -0.352. The second-order valence-corrected chi connectivity index (χ2v) is 8.07. The van der Waals surface area contributed by atoms with Crippen LogP contribution in [0.5, 0.6) is 0 Å². The molecule has 2 aliphatic rings. The van der Waals surface area contributed by atoms with E-state index < -0.39 is 30.3 Å². The van der Waals surface area contributed by atoms with E-state index >= 15 is 0 Å². The van der Waals surface area contributed by atoms with Crippen molar-refractivity contribution in [1.82, 2.24) is 15.5 Å². The molecule has 0 unspecified atom stereocenters. The van der Waals surface area contributed by atoms with Crippen molar-refractivity contribution in [3.05, 3.63) is 11.8 Å². The number of rotatable bonds is 4. The zero-order valence-electron chi connectivity index (χ0n) is 15.9. The number of aromatic nitrogens is 2. The van der Waals surface area contributed by atoms with Crippen LogP contribution < -0.4 is 5.32 Å². The summed E-state index contributed by atoms with van der Waals surface area (Å²) in [7, 11) is 0. The van der Waals surface area contributed by atoms with Crippen molar-refractivity contribution in [3.8, 4) is 0 Å². The van der Waals surface area contributed by atoms with Gasteiger partial charge >= 0.3 is 12.5 Å². The topological polar surface area (TPSA) is 95.7 Å². The van der Waals surface area contributed by atoms with Crippen molar-refractivity contribution in [3.63, 3.8) is 0 Å². The van der Waals surface area contributed by atoms with Gasteiger partial charge < -0.3 is 19.2 Å². The molecule has 1 saturated heterocycles. The molecule has 1 aliphatic heterocycles. The Balaban J connectivity index is 1.43. The molecule has 1 N–H and O–H groups in total. The van der Waals surface area contributed by atoms with Gasteiger partial charge in [-0.25, -0.2) is 4.79 Å². The van der Waals surface area contributed by atoms with Gasteiger partial charge in [0.15, 0.2) is 0 Å². The second-order valence-electron chi connectivity index (χ2n) is 8.07. The number of carbonyl (C=O) groups excluding carboxylic acids is 1. The average molecular weight is 407 g/mol. The van der Waals surface area contributed by atoms with Crippen LogP contribution in [0.3, 0.4) is 0 Å². The summed E-state index contributed by atoms with van der Waals surface area (Å²) in [5.74, 6) is 0.360. The summed E-state index contributed by atoms with van der Waals surface area (Å²) in [6, 6.07) is -0.180. The molecule has 2 fully saturated rings. The van der Waals surface area contributed by atoms with Gasteiger partial charge in [-0.15, -0.1) is 23.4 Å². The van der Waals surface area contributed by atoms with Gasteiger partial charge in [0.1, 0.15) is 11.7 Å². The number of hydrogen-bond donors (Lipinski definition) is 1. The van der Waals surface area contributed by atoms with E-state index in [9.17, 15) is 18.0 Å². The third kappa shape index (κ3) is 5.81. The minimum atomic E-state index is -4.63. The lowest BCUT2D eigenvalue weighted by Gasteiger charge is -2.33. The highest BCUT2D eigenvalue weighted by molar-refractivity contribution is 5.68. The largest absolute Gasteiger partial charge is 0.522 e. The van der Waals surface area contributed by atoms with Crippen molar-refractivity contribution in [2.24, 2.45) is 0 Å². The number of alkyl carbamates (subject to hydrolysis) is 1. The summed E-state index contributed by atoms with van der Waals surface area (Å²) < 4.78 is 57.0. The minimum absolute atomic E-state index is 0.180. The zero-order chi connectivity index (χ0) is 20.5. The fraction of sp³-hybridized carbons (Fsp3) is 0.824. The van der Waals surface area contributed by atoms with Crippen LogP contribution in [0.25, 0.3) is 0 Å². The summed E-state index contributed by atoms with van der Waals surface area (Å²) >= 11 is 0. The van der Waals surface area contributed by atoms with Gasteiger partial charge in [-0.3, -0.25) is 4.74 Å². The molecular weight excluding hydrogens is 383 g/mol. The zero-order valence-corrected chi connectivity index (χ0v) is 15.9. The Morgan fingerprint density at radius 2 is 1.82 bits per heavy atom. The predicted molar refractivity (Wildman–Crippen MR) is 88.3 cm³/mol. The minimum Gasteiger partial charge on any atom is -0.444 e. The van der Waals surface area contributed by atoms with Gasteiger partial charge in [0.25, 0.3) is 0 Å². The van der Waals surface area contributed by atoms with E-state index in [1.807, 2.05) is 0 Å². The van der Waals surface area contributed by atoms with E-state index in [4.69, 9.17) is 13.9 Å². The Hall–Kier alpha value is -1.88. The maximum atomic E-state index is 12.2. The van der Waals surface area contributed by atoms with E-state index in [1.165, 1.54) is 0 Å². The average Bonchev–Trinajstić information content (AvgIpc) is 2.97.